The first-order chi connectivity index (χ1) is 11.1. The van der Waals surface area contributed by atoms with Crippen molar-refractivity contribution in [2.24, 2.45) is 5.73 Å². The van der Waals surface area contributed by atoms with Crippen LogP contribution < -0.4 is 16.4 Å². The molecule has 6 nitrogen and oxygen atoms in total. The van der Waals surface area contributed by atoms with E-state index in [1.165, 1.54) is 0 Å². The number of urea groups is 1. The van der Waals surface area contributed by atoms with E-state index in [1.54, 1.807) is 29.3 Å². The molecule has 0 aliphatic rings. The molecule has 2 aromatic rings. The molecule has 0 fully saturated rings. The predicted octanol–water partition coefficient (Wildman–Crippen LogP) is 2.54. The Kier molecular flexibility index (Phi) is 6.42. The minimum absolute atomic E-state index is 0.278. The maximum Gasteiger partial charge on any atom is 0.312 e. The fraction of sp³-hybridized carbons (Fsp3) is 0.267. The largest absolute Gasteiger partial charge is 0.352 e. The number of nitrogens with one attached hydrogen (secondary N) is 2. The van der Waals surface area contributed by atoms with Gasteiger partial charge in [-0.1, -0.05) is 0 Å². The Bertz CT molecular complexity index is 644. The highest BCUT2D eigenvalue weighted by atomic mass is 32.2. The Balaban J connectivity index is 2.01. The third-order valence-electron chi connectivity index (χ3n) is 3.08. The van der Waals surface area contributed by atoms with E-state index in [0.717, 1.165) is 16.3 Å². The molecular weight excluding hydrogens is 332 g/mol. The van der Waals surface area contributed by atoms with Crippen molar-refractivity contribution >= 4 is 40.7 Å². The Morgan fingerprint density at radius 1 is 1.35 bits per heavy atom. The number of hydrogen-bond donors (Lipinski definition) is 3. The third kappa shape index (κ3) is 5.26. The standard InChI is InChI=1S/C15H18N4O2S2/c1-22-8-6-12(19-15(16)21)13(20)18-11-4-2-10(3-5-11)14-17-7-9-23-14/h2-5,7,9,12H,6,8H2,1H3,(H,18,20)(H3,16,19,21). The fourth-order valence-electron chi connectivity index (χ4n) is 1.97. The Hall–Kier alpha value is -2.06. The zero-order valence-corrected chi connectivity index (χ0v) is 14.2. The lowest BCUT2D eigenvalue weighted by atomic mass is 10.2. The Morgan fingerprint density at radius 2 is 2.09 bits per heavy atom. The van der Waals surface area contributed by atoms with Gasteiger partial charge in [-0.15, -0.1) is 11.3 Å². The van der Waals surface area contributed by atoms with Crippen molar-refractivity contribution in [3.63, 3.8) is 0 Å². The minimum Gasteiger partial charge on any atom is -0.352 e. The van der Waals surface area contributed by atoms with Crippen molar-refractivity contribution in [3.8, 4) is 10.6 Å². The number of nitrogens with two attached hydrogens (primary N) is 1. The van der Waals surface area contributed by atoms with E-state index >= 15 is 0 Å². The van der Waals surface area contributed by atoms with Crippen LogP contribution in [0, 0.1) is 0 Å². The predicted molar refractivity (Wildman–Crippen MR) is 95.7 cm³/mol. The summed E-state index contributed by atoms with van der Waals surface area (Å²) in [5, 5.41) is 8.11. The van der Waals surface area contributed by atoms with Crippen molar-refractivity contribution in [1.29, 1.82) is 0 Å². The molecule has 23 heavy (non-hydrogen) atoms. The van der Waals surface area contributed by atoms with Crippen LogP contribution in [-0.2, 0) is 4.79 Å². The number of carbonyl (C=O) groups excluding carboxylic acids is 2. The van der Waals surface area contributed by atoms with Crippen LogP contribution in [0.4, 0.5) is 10.5 Å². The minimum atomic E-state index is -0.703. The monoisotopic (exact) mass is 350 g/mol. The van der Waals surface area contributed by atoms with E-state index in [2.05, 4.69) is 15.6 Å². The van der Waals surface area contributed by atoms with Gasteiger partial charge in [0.05, 0.1) is 0 Å². The van der Waals surface area contributed by atoms with E-state index in [4.69, 9.17) is 5.73 Å². The smallest absolute Gasteiger partial charge is 0.312 e. The molecule has 0 spiro atoms. The molecule has 2 rings (SSSR count). The molecule has 1 unspecified atom stereocenters. The molecule has 0 saturated carbocycles. The maximum absolute atomic E-state index is 12.3. The molecule has 4 N–H and O–H groups in total. The quantitative estimate of drug-likeness (QED) is 0.715. The highest BCUT2D eigenvalue weighted by molar-refractivity contribution is 7.98. The summed E-state index contributed by atoms with van der Waals surface area (Å²) in [5.41, 5.74) is 6.78. The molecule has 1 atom stereocenters. The first kappa shape index (κ1) is 17.3. The summed E-state index contributed by atoms with van der Waals surface area (Å²) < 4.78 is 0. The second kappa shape index (κ2) is 8.54. The molecule has 0 aliphatic carbocycles. The summed E-state index contributed by atoms with van der Waals surface area (Å²) in [6.45, 7) is 0. The highest BCUT2D eigenvalue weighted by Crippen LogP contribution is 2.23. The summed E-state index contributed by atoms with van der Waals surface area (Å²) in [4.78, 5) is 27.5. The molecule has 0 aliphatic heterocycles. The molecule has 8 heteroatoms. The maximum atomic E-state index is 12.3. The van der Waals surface area contributed by atoms with Gasteiger partial charge < -0.3 is 16.4 Å². The molecule has 0 bridgehead atoms. The summed E-state index contributed by atoms with van der Waals surface area (Å²) in [5.74, 6) is 0.473. The number of aromatic nitrogens is 1. The van der Waals surface area contributed by atoms with Gasteiger partial charge in [-0.3, -0.25) is 4.79 Å². The second-order valence-corrected chi connectivity index (χ2v) is 6.63. The molecule has 0 saturated heterocycles. The lowest BCUT2D eigenvalue weighted by Crippen LogP contribution is -2.46. The molecular formula is C15H18N4O2S2. The number of benzene rings is 1. The van der Waals surface area contributed by atoms with Gasteiger partial charge in [0, 0.05) is 22.8 Å². The van der Waals surface area contributed by atoms with E-state index in [-0.39, 0.29) is 5.91 Å². The average molecular weight is 350 g/mol. The second-order valence-electron chi connectivity index (χ2n) is 4.75. The van der Waals surface area contributed by atoms with Crippen LogP contribution in [0.5, 0.6) is 0 Å². The zero-order valence-electron chi connectivity index (χ0n) is 12.6. The van der Waals surface area contributed by atoms with Crippen LogP contribution in [0.15, 0.2) is 35.8 Å². The van der Waals surface area contributed by atoms with Crippen LogP contribution in [0.2, 0.25) is 0 Å². The van der Waals surface area contributed by atoms with Gasteiger partial charge in [-0.25, -0.2) is 9.78 Å². The lowest BCUT2D eigenvalue weighted by Gasteiger charge is -2.17. The van der Waals surface area contributed by atoms with Gasteiger partial charge in [0.25, 0.3) is 0 Å². The number of rotatable bonds is 7. The molecule has 0 radical (unpaired) electrons. The summed E-state index contributed by atoms with van der Waals surface area (Å²) in [7, 11) is 0. The number of thiazole rings is 1. The average Bonchev–Trinajstić information content (AvgIpc) is 3.06. The number of anilines is 1. The van der Waals surface area contributed by atoms with E-state index in [0.29, 0.717) is 12.1 Å². The van der Waals surface area contributed by atoms with E-state index in [1.807, 2.05) is 35.9 Å². The number of nitrogens with zero attached hydrogens (tertiary/aromatic N) is 1. The van der Waals surface area contributed by atoms with Crippen LogP contribution in [0.3, 0.4) is 0 Å². The number of amides is 3. The van der Waals surface area contributed by atoms with Crippen molar-refractivity contribution in [2.45, 2.75) is 12.5 Å². The Labute approximate surface area is 142 Å². The summed E-state index contributed by atoms with van der Waals surface area (Å²) in [6, 6.07) is 6.07. The summed E-state index contributed by atoms with van der Waals surface area (Å²) >= 11 is 3.16. The van der Waals surface area contributed by atoms with Gasteiger partial charge in [0.2, 0.25) is 5.91 Å². The molecule has 3 amide bonds. The molecule has 1 aromatic carbocycles. The van der Waals surface area contributed by atoms with E-state index in [9.17, 15) is 9.59 Å². The molecule has 1 heterocycles. The number of thioether (sulfide) groups is 1. The third-order valence-corrected chi connectivity index (χ3v) is 4.54. The van der Waals surface area contributed by atoms with Gasteiger partial charge in [0.15, 0.2) is 0 Å². The van der Waals surface area contributed by atoms with E-state index < -0.39 is 12.1 Å². The number of carbonyl (C=O) groups is 2. The first-order valence-electron chi connectivity index (χ1n) is 6.96. The number of hydrogen-bond acceptors (Lipinski definition) is 5. The van der Waals surface area contributed by atoms with Crippen LogP contribution >= 0.6 is 23.1 Å². The fourth-order valence-corrected chi connectivity index (χ4v) is 3.08. The van der Waals surface area contributed by atoms with Gasteiger partial charge in [-0.2, -0.15) is 11.8 Å². The van der Waals surface area contributed by atoms with Gasteiger partial charge in [-0.05, 0) is 42.7 Å². The zero-order chi connectivity index (χ0) is 16.7. The first-order valence-corrected chi connectivity index (χ1v) is 9.23. The van der Waals surface area contributed by atoms with Crippen LogP contribution in [0.25, 0.3) is 10.6 Å². The van der Waals surface area contributed by atoms with Crippen molar-refractivity contribution in [2.75, 3.05) is 17.3 Å². The van der Waals surface area contributed by atoms with Crippen LogP contribution in [-0.4, -0.2) is 35.0 Å². The van der Waals surface area contributed by atoms with Crippen LogP contribution in [0.1, 0.15) is 6.42 Å². The lowest BCUT2D eigenvalue weighted by molar-refractivity contribution is -0.117. The Morgan fingerprint density at radius 3 is 2.65 bits per heavy atom. The van der Waals surface area contributed by atoms with Crippen molar-refractivity contribution in [1.82, 2.24) is 10.3 Å². The SMILES string of the molecule is CSCCC(NC(N)=O)C(=O)Nc1ccc(-c2nccs2)cc1. The summed E-state index contributed by atoms with van der Waals surface area (Å²) in [6.07, 6.45) is 4.21. The van der Waals surface area contributed by atoms with Crippen molar-refractivity contribution in [3.05, 3.63) is 35.8 Å². The van der Waals surface area contributed by atoms with Gasteiger partial charge in [0.1, 0.15) is 11.0 Å². The normalized spacial score (nSPS) is 11.7. The molecule has 1 aromatic heterocycles. The van der Waals surface area contributed by atoms with Gasteiger partial charge >= 0.3 is 6.03 Å². The highest BCUT2D eigenvalue weighted by Gasteiger charge is 2.19. The topological polar surface area (TPSA) is 97.1 Å². The molecule has 122 valence electrons. The van der Waals surface area contributed by atoms with Crippen molar-refractivity contribution < 1.29 is 9.59 Å². The number of primary amides is 1.